The third-order valence-electron chi connectivity index (χ3n) is 4.59. The van der Waals surface area contributed by atoms with Gasteiger partial charge >= 0.3 is 0 Å². The Morgan fingerprint density at radius 3 is 2.90 bits per heavy atom. The molecule has 1 heterocycles. The lowest BCUT2D eigenvalue weighted by molar-refractivity contribution is 0.217. The number of halogens is 1. The van der Waals surface area contributed by atoms with E-state index in [1.54, 1.807) is 12.5 Å². The molecule has 0 spiro atoms. The molecule has 4 heteroatoms. The van der Waals surface area contributed by atoms with Gasteiger partial charge in [0.05, 0.1) is 22.7 Å². The van der Waals surface area contributed by atoms with E-state index < -0.39 is 0 Å². The van der Waals surface area contributed by atoms with E-state index in [-0.39, 0.29) is 0 Å². The van der Waals surface area contributed by atoms with Crippen molar-refractivity contribution >= 4 is 17.3 Å². The van der Waals surface area contributed by atoms with Crippen LogP contribution in [0.2, 0.25) is 5.02 Å². The van der Waals surface area contributed by atoms with E-state index in [1.807, 2.05) is 22.9 Å². The van der Waals surface area contributed by atoms with E-state index in [1.165, 1.54) is 25.7 Å². The van der Waals surface area contributed by atoms with Gasteiger partial charge in [0, 0.05) is 18.4 Å². The minimum atomic E-state index is 0.312. The summed E-state index contributed by atoms with van der Waals surface area (Å²) in [6.07, 6.45) is 10.6. The van der Waals surface area contributed by atoms with Crippen molar-refractivity contribution in [1.29, 1.82) is 0 Å². The quantitative estimate of drug-likeness (QED) is 0.873. The first-order valence-electron chi connectivity index (χ1n) is 7.61. The first-order chi connectivity index (χ1) is 10.1. The van der Waals surface area contributed by atoms with Crippen LogP contribution in [0.1, 0.15) is 39.5 Å². The number of anilines is 1. The molecule has 0 radical (unpaired) electrons. The van der Waals surface area contributed by atoms with Crippen molar-refractivity contribution in [2.24, 2.45) is 5.41 Å². The van der Waals surface area contributed by atoms with Gasteiger partial charge in [0.1, 0.15) is 0 Å². The Kier molecular flexibility index (Phi) is 3.94. The van der Waals surface area contributed by atoms with Crippen LogP contribution < -0.4 is 5.32 Å². The molecule has 1 atom stereocenters. The number of nitrogens with zero attached hydrogens (tertiary/aromatic N) is 2. The summed E-state index contributed by atoms with van der Waals surface area (Å²) in [5, 5.41) is 4.48. The number of para-hydroxylation sites is 1. The van der Waals surface area contributed by atoms with Crippen molar-refractivity contribution in [3.05, 3.63) is 41.9 Å². The van der Waals surface area contributed by atoms with Gasteiger partial charge in [-0.2, -0.15) is 0 Å². The lowest BCUT2D eigenvalue weighted by atomic mass is 9.73. The molecule has 3 nitrogen and oxygen atoms in total. The van der Waals surface area contributed by atoms with Gasteiger partial charge in [-0.1, -0.05) is 44.4 Å². The second kappa shape index (κ2) is 5.72. The molecule has 3 rings (SSSR count). The van der Waals surface area contributed by atoms with E-state index in [0.717, 1.165) is 16.4 Å². The lowest BCUT2D eigenvalue weighted by Gasteiger charge is -2.40. The molecule has 21 heavy (non-hydrogen) atoms. The lowest BCUT2D eigenvalue weighted by Crippen LogP contribution is -2.39. The topological polar surface area (TPSA) is 29.9 Å². The summed E-state index contributed by atoms with van der Waals surface area (Å²) < 4.78 is 1.97. The molecule has 0 amide bonds. The molecule has 1 aromatic carbocycles. The monoisotopic (exact) mass is 303 g/mol. The molecule has 0 bridgehead atoms. The van der Waals surface area contributed by atoms with Gasteiger partial charge in [-0.3, -0.25) is 0 Å². The average molecular weight is 304 g/mol. The number of aromatic nitrogens is 2. The number of benzene rings is 1. The van der Waals surface area contributed by atoms with Crippen molar-refractivity contribution < 1.29 is 0 Å². The fraction of sp³-hybridized carbons (Fsp3) is 0.471. The third kappa shape index (κ3) is 2.93. The molecule has 1 unspecified atom stereocenters. The van der Waals surface area contributed by atoms with Crippen molar-refractivity contribution in [2.45, 2.75) is 45.6 Å². The maximum atomic E-state index is 6.42. The highest BCUT2D eigenvalue weighted by molar-refractivity contribution is 6.33. The highest BCUT2D eigenvalue weighted by Crippen LogP contribution is 2.39. The molecule has 0 aliphatic heterocycles. The Bertz CT molecular complexity index is 605. The van der Waals surface area contributed by atoms with Crippen molar-refractivity contribution in [2.75, 3.05) is 5.32 Å². The van der Waals surface area contributed by atoms with E-state index in [2.05, 4.69) is 30.2 Å². The number of hydrogen-bond acceptors (Lipinski definition) is 2. The van der Waals surface area contributed by atoms with Gasteiger partial charge in [-0.05, 0) is 30.4 Å². The smallest absolute Gasteiger partial charge is 0.0992 e. The molecule has 1 N–H and O–H groups in total. The second-order valence-corrected chi connectivity index (χ2v) is 6.94. The molecule has 1 aliphatic rings. The Balaban J connectivity index is 1.94. The van der Waals surface area contributed by atoms with Gasteiger partial charge in [0.2, 0.25) is 0 Å². The maximum Gasteiger partial charge on any atom is 0.0992 e. The summed E-state index contributed by atoms with van der Waals surface area (Å²) in [6.45, 7) is 4.70. The van der Waals surface area contributed by atoms with Crippen LogP contribution in [0.3, 0.4) is 0 Å². The highest BCUT2D eigenvalue weighted by atomic mass is 35.5. The van der Waals surface area contributed by atoms with Crippen LogP contribution >= 0.6 is 11.6 Å². The van der Waals surface area contributed by atoms with Crippen LogP contribution in [0.15, 0.2) is 36.9 Å². The minimum Gasteiger partial charge on any atom is -0.380 e. The van der Waals surface area contributed by atoms with Crippen LogP contribution in [-0.2, 0) is 0 Å². The Hall–Kier alpha value is -1.48. The first kappa shape index (κ1) is 14.5. The van der Waals surface area contributed by atoms with Gasteiger partial charge < -0.3 is 9.88 Å². The van der Waals surface area contributed by atoms with Gasteiger partial charge in [-0.15, -0.1) is 0 Å². The zero-order chi connectivity index (χ0) is 14.9. The summed E-state index contributed by atoms with van der Waals surface area (Å²) in [4.78, 5) is 4.13. The molecule has 1 fully saturated rings. The SMILES string of the molecule is CC1(C)CCCCC1Nc1cccc(Cl)c1-n1ccnc1. The molecular weight excluding hydrogens is 282 g/mol. The fourth-order valence-corrected chi connectivity index (χ4v) is 3.51. The second-order valence-electron chi connectivity index (χ2n) is 6.54. The average Bonchev–Trinajstić information content (AvgIpc) is 2.95. The zero-order valence-electron chi connectivity index (χ0n) is 12.6. The van der Waals surface area contributed by atoms with Crippen LogP contribution in [-0.4, -0.2) is 15.6 Å². The van der Waals surface area contributed by atoms with Crippen LogP contribution in [0.4, 0.5) is 5.69 Å². The van der Waals surface area contributed by atoms with E-state index in [0.29, 0.717) is 11.5 Å². The first-order valence-corrected chi connectivity index (χ1v) is 7.99. The molecular formula is C17H22ClN3. The zero-order valence-corrected chi connectivity index (χ0v) is 13.4. The predicted octanol–water partition coefficient (Wildman–Crippen LogP) is 4.91. The molecule has 2 aromatic rings. The molecule has 1 aromatic heterocycles. The Morgan fingerprint density at radius 2 is 2.19 bits per heavy atom. The number of rotatable bonds is 3. The van der Waals surface area contributed by atoms with E-state index in [9.17, 15) is 0 Å². The summed E-state index contributed by atoms with van der Waals surface area (Å²) in [7, 11) is 0. The van der Waals surface area contributed by atoms with Crippen molar-refractivity contribution in [3.63, 3.8) is 0 Å². The van der Waals surface area contributed by atoms with Crippen molar-refractivity contribution in [3.8, 4) is 5.69 Å². The molecule has 1 saturated carbocycles. The summed E-state index contributed by atoms with van der Waals surface area (Å²) in [5.41, 5.74) is 2.38. The summed E-state index contributed by atoms with van der Waals surface area (Å²) in [6, 6.07) is 6.51. The molecule has 0 saturated heterocycles. The van der Waals surface area contributed by atoms with Crippen molar-refractivity contribution in [1.82, 2.24) is 9.55 Å². The van der Waals surface area contributed by atoms with Crippen LogP contribution in [0, 0.1) is 5.41 Å². The van der Waals surface area contributed by atoms with E-state index in [4.69, 9.17) is 11.6 Å². The predicted molar refractivity (Wildman–Crippen MR) is 88.2 cm³/mol. The normalized spacial score (nSPS) is 21.2. The minimum absolute atomic E-state index is 0.312. The third-order valence-corrected chi connectivity index (χ3v) is 4.89. The number of hydrogen-bond donors (Lipinski definition) is 1. The largest absolute Gasteiger partial charge is 0.380 e. The Morgan fingerprint density at radius 1 is 1.33 bits per heavy atom. The summed E-state index contributed by atoms with van der Waals surface area (Å²) in [5.74, 6) is 0. The van der Waals surface area contributed by atoms with Crippen LogP contribution in [0.5, 0.6) is 0 Å². The van der Waals surface area contributed by atoms with E-state index >= 15 is 0 Å². The van der Waals surface area contributed by atoms with Crippen LogP contribution in [0.25, 0.3) is 5.69 Å². The summed E-state index contributed by atoms with van der Waals surface area (Å²) >= 11 is 6.42. The number of imidazole rings is 1. The number of nitrogens with one attached hydrogen (secondary N) is 1. The fourth-order valence-electron chi connectivity index (χ4n) is 3.23. The maximum absolute atomic E-state index is 6.42. The van der Waals surface area contributed by atoms with Gasteiger partial charge in [0.25, 0.3) is 0 Å². The highest BCUT2D eigenvalue weighted by Gasteiger charge is 2.32. The van der Waals surface area contributed by atoms with Gasteiger partial charge in [-0.25, -0.2) is 4.98 Å². The standard InChI is InChI=1S/C17H22ClN3/c1-17(2)9-4-3-8-15(17)20-14-7-5-6-13(18)16(14)21-11-10-19-12-21/h5-7,10-12,15,20H,3-4,8-9H2,1-2H3. The van der Waals surface area contributed by atoms with Gasteiger partial charge in [0.15, 0.2) is 0 Å². The Labute approximate surface area is 131 Å². The molecule has 112 valence electrons. The molecule has 1 aliphatic carbocycles.